The van der Waals surface area contributed by atoms with Crippen LogP contribution in [0.25, 0.3) is 11.8 Å². The smallest absolute Gasteiger partial charge is 0.328 e. The minimum Gasteiger partial charge on any atom is -0.478 e. The lowest BCUT2D eigenvalue weighted by atomic mass is 10.1. The number of hydrogen-bond acceptors (Lipinski definition) is 2. The van der Waals surface area contributed by atoms with E-state index in [9.17, 15) is 4.79 Å². The Bertz CT molecular complexity index is 575. The van der Waals surface area contributed by atoms with Crippen molar-refractivity contribution in [1.29, 1.82) is 0 Å². The minimum absolute atomic E-state index is 0.530. The molecule has 86 valence electrons. The maximum absolute atomic E-state index is 10.5. The first-order valence-electron chi connectivity index (χ1n) is 4.87. The van der Waals surface area contributed by atoms with Crippen molar-refractivity contribution in [3.05, 3.63) is 53.3 Å². The van der Waals surface area contributed by atoms with Crippen molar-refractivity contribution in [2.24, 2.45) is 0 Å². The normalized spacial score (nSPS) is 10.9. The summed E-state index contributed by atoms with van der Waals surface area (Å²) in [5.41, 5.74) is 1.53. The molecular formula is C12H9ClN2O2. The molecule has 0 spiro atoms. The maximum atomic E-state index is 10.5. The first-order chi connectivity index (χ1) is 8.16. The molecule has 2 aromatic rings. The van der Waals surface area contributed by atoms with Crippen molar-refractivity contribution in [3.63, 3.8) is 0 Å². The monoisotopic (exact) mass is 248 g/mol. The molecule has 0 aliphatic heterocycles. The van der Waals surface area contributed by atoms with E-state index in [1.54, 1.807) is 10.9 Å². The van der Waals surface area contributed by atoms with Crippen LogP contribution in [0, 0.1) is 0 Å². The lowest BCUT2D eigenvalue weighted by Crippen LogP contribution is -1.97. The number of carboxylic acids is 1. The Morgan fingerprint density at radius 3 is 2.82 bits per heavy atom. The van der Waals surface area contributed by atoms with Crippen LogP contribution in [-0.2, 0) is 4.79 Å². The second-order valence-electron chi connectivity index (χ2n) is 3.33. The number of carboxylic acid groups (broad SMARTS) is 1. The lowest BCUT2D eigenvalue weighted by Gasteiger charge is -2.04. The zero-order valence-corrected chi connectivity index (χ0v) is 9.50. The Morgan fingerprint density at radius 2 is 2.18 bits per heavy atom. The number of aromatic nitrogens is 2. The van der Waals surface area contributed by atoms with E-state index >= 15 is 0 Å². The minimum atomic E-state index is -0.988. The van der Waals surface area contributed by atoms with Gasteiger partial charge in [0.2, 0.25) is 0 Å². The van der Waals surface area contributed by atoms with Crippen LogP contribution < -0.4 is 0 Å². The molecule has 0 aliphatic rings. The van der Waals surface area contributed by atoms with Crippen LogP contribution in [-0.4, -0.2) is 20.9 Å². The molecule has 1 aromatic carbocycles. The summed E-state index contributed by atoms with van der Waals surface area (Å²) >= 11 is 5.79. The van der Waals surface area contributed by atoms with Gasteiger partial charge in [-0.3, -0.25) is 0 Å². The zero-order chi connectivity index (χ0) is 12.3. The van der Waals surface area contributed by atoms with Gasteiger partial charge in [0.25, 0.3) is 0 Å². The van der Waals surface area contributed by atoms with Crippen molar-refractivity contribution in [2.45, 2.75) is 0 Å². The van der Waals surface area contributed by atoms with Crippen molar-refractivity contribution >= 4 is 23.6 Å². The third kappa shape index (κ3) is 2.73. The molecule has 0 unspecified atom stereocenters. The quantitative estimate of drug-likeness (QED) is 0.850. The molecule has 0 aliphatic carbocycles. The molecule has 1 N–H and O–H groups in total. The number of rotatable bonds is 3. The van der Waals surface area contributed by atoms with Crippen molar-refractivity contribution in [2.75, 3.05) is 0 Å². The second-order valence-corrected chi connectivity index (χ2v) is 3.77. The number of aliphatic carboxylic acids is 1. The Balaban J connectivity index is 2.44. The van der Waals surface area contributed by atoms with E-state index in [2.05, 4.69) is 5.10 Å². The molecule has 4 nitrogen and oxygen atoms in total. The largest absolute Gasteiger partial charge is 0.478 e. The Hall–Kier alpha value is -2.07. The summed E-state index contributed by atoms with van der Waals surface area (Å²) in [6, 6.07) is 7.33. The average Bonchev–Trinajstić information content (AvgIpc) is 2.73. The highest BCUT2D eigenvalue weighted by atomic mass is 35.5. The molecule has 0 radical (unpaired) electrons. The van der Waals surface area contributed by atoms with Crippen LogP contribution in [0.5, 0.6) is 0 Å². The van der Waals surface area contributed by atoms with Gasteiger partial charge < -0.3 is 5.11 Å². The van der Waals surface area contributed by atoms with Crippen molar-refractivity contribution in [1.82, 2.24) is 9.78 Å². The fraction of sp³-hybridized carbons (Fsp3) is 0. The first-order valence-corrected chi connectivity index (χ1v) is 5.25. The molecule has 0 amide bonds. The van der Waals surface area contributed by atoms with Gasteiger partial charge in [-0.05, 0) is 12.1 Å². The summed E-state index contributed by atoms with van der Waals surface area (Å²) in [4.78, 5) is 10.5. The molecule has 0 bridgehead atoms. The summed E-state index contributed by atoms with van der Waals surface area (Å²) in [5, 5.41) is 13.2. The highest BCUT2D eigenvalue weighted by Gasteiger charge is 2.03. The van der Waals surface area contributed by atoms with Crippen LogP contribution in [0.2, 0.25) is 5.02 Å². The van der Waals surface area contributed by atoms with Gasteiger partial charge in [-0.1, -0.05) is 29.8 Å². The van der Waals surface area contributed by atoms with Crippen molar-refractivity contribution < 1.29 is 9.90 Å². The molecule has 1 aromatic heterocycles. The molecule has 1 heterocycles. The van der Waals surface area contributed by atoms with E-state index in [4.69, 9.17) is 16.7 Å². The van der Waals surface area contributed by atoms with Crippen LogP contribution in [0.4, 0.5) is 0 Å². The highest BCUT2D eigenvalue weighted by Crippen LogP contribution is 2.17. The van der Waals surface area contributed by atoms with Gasteiger partial charge in [0.15, 0.2) is 0 Å². The molecule has 5 heteroatoms. The van der Waals surface area contributed by atoms with Crippen LogP contribution in [0.3, 0.4) is 0 Å². The summed E-state index contributed by atoms with van der Waals surface area (Å²) in [6.07, 6.45) is 5.80. The molecule has 17 heavy (non-hydrogen) atoms. The van der Waals surface area contributed by atoms with Gasteiger partial charge >= 0.3 is 5.97 Å². The summed E-state index contributed by atoms with van der Waals surface area (Å²) < 4.78 is 1.60. The van der Waals surface area contributed by atoms with Gasteiger partial charge in [-0.15, -0.1) is 0 Å². The third-order valence-corrected chi connectivity index (χ3v) is 2.34. The number of nitrogens with zero attached hydrogens (tertiary/aromatic N) is 2. The number of hydrogen-bond donors (Lipinski definition) is 1. The van der Waals surface area contributed by atoms with Crippen molar-refractivity contribution in [3.8, 4) is 5.69 Å². The highest BCUT2D eigenvalue weighted by molar-refractivity contribution is 6.30. The van der Waals surface area contributed by atoms with Crippen LogP contribution >= 0.6 is 11.6 Å². The number of benzene rings is 1. The van der Waals surface area contributed by atoms with Gasteiger partial charge in [0.05, 0.1) is 16.9 Å². The fourth-order valence-corrected chi connectivity index (χ4v) is 1.57. The molecular weight excluding hydrogens is 240 g/mol. The van der Waals surface area contributed by atoms with Gasteiger partial charge in [0, 0.05) is 17.8 Å². The van der Waals surface area contributed by atoms with Gasteiger partial charge in [0.1, 0.15) is 0 Å². The zero-order valence-electron chi connectivity index (χ0n) is 8.75. The topological polar surface area (TPSA) is 55.1 Å². The summed E-state index contributed by atoms with van der Waals surface area (Å²) in [5.74, 6) is -0.988. The molecule has 0 fully saturated rings. The number of carbonyl (C=O) groups is 1. The van der Waals surface area contributed by atoms with Crippen LogP contribution in [0.15, 0.2) is 42.7 Å². The van der Waals surface area contributed by atoms with E-state index in [-0.39, 0.29) is 0 Å². The third-order valence-electron chi connectivity index (χ3n) is 2.14. The van der Waals surface area contributed by atoms with Crippen LogP contribution in [0.1, 0.15) is 5.56 Å². The van der Waals surface area contributed by atoms with E-state index < -0.39 is 5.97 Å². The van der Waals surface area contributed by atoms with E-state index in [0.717, 1.165) is 17.3 Å². The van der Waals surface area contributed by atoms with Gasteiger partial charge in [-0.25, -0.2) is 9.48 Å². The summed E-state index contributed by atoms with van der Waals surface area (Å²) in [6.45, 7) is 0. The standard InChI is InChI=1S/C12H9ClN2O2/c13-10-7-14-15(8-10)11-4-2-1-3-9(11)5-6-12(16)17/h1-8H,(H,16,17)/b6-5+. The molecule has 0 atom stereocenters. The maximum Gasteiger partial charge on any atom is 0.328 e. The SMILES string of the molecule is O=C(O)/C=C/c1ccccc1-n1cc(Cl)cn1. The van der Waals surface area contributed by atoms with Gasteiger partial charge in [-0.2, -0.15) is 5.10 Å². The Labute approximate surface area is 103 Å². The van der Waals surface area contributed by atoms with E-state index in [0.29, 0.717) is 5.02 Å². The predicted octanol–water partition coefficient (Wildman–Crippen LogP) is 2.62. The second kappa shape index (κ2) is 4.84. The average molecular weight is 249 g/mol. The van der Waals surface area contributed by atoms with E-state index in [1.165, 1.54) is 12.3 Å². The first kappa shape index (κ1) is 11.4. The summed E-state index contributed by atoms with van der Waals surface area (Å²) in [7, 11) is 0. The molecule has 0 saturated carbocycles. The lowest BCUT2D eigenvalue weighted by molar-refractivity contribution is -0.131. The molecule has 2 rings (SSSR count). The van der Waals surface area contributed by atoms with E-state index in [1.807, 2.05) is 24.3 Å². The fourth-order valence-electron chi connectivity index (χ4n) is 1.43. The number of halogens is 1. The Morgan fingerprint density at radius 1 is 1.41 bits per heavy atom. The predicted molar refractivity (Wildman–Crippen MR) is 65.2 cm³/mol. The Kier molecular flexibility index (Phi) is 3.25. The molecule has 0 saturated heterocycles. The number of para-hydroxylation sites is 1.